The number of hydrogen-bond acceptors (Lipinski definition) is 3. The van der Waals surface area contributed by atoms with Gasteiger partial charge in [-0.15, -0.1) is 0 Å². The normalized spacial score (nSPS) is 10.8. The summed E-state index contributed by atoms with van der Waals surface area (Å²) in [5, 5.41) is 11.1. The van der Waals surface area contributed by atoms with E-state index in [9.17, 15) is 9.50 Å². The zero-order chi connectivity index (χ0) is 14.8. The van der Waals surface area contributed by atoms with E-state index >= 15 is 0 Å². The zero-order valence-corrected chi connectivity index (χ0v) is 11.5. The van der Waals surface area contributed by atoms with E-state index in [4.69, 9.17) is 4.74 Å². The van der Waals surface area contributed by atoms with Crippen molar-refractivity contribution in [2.24, 2.45) is 0 Å². The van der Waals surface area contributed by atoms with Gasteiger partial charge in [0.1, 0.15) is 11.6 Å². The van der Waals surface area contributed by atoms with Crippen LogP contribution in [-0.2, 0) is 6.61 Å². The van der Waals surface area contributed by atoms with Crippen LogP contribution < -0.4 is 4.74 Å². The summed E-state index contributed by atoms with van der Waals surface area (Å²) in [5.74, 6) is 0.651. The standard InChI is InChI=1S/C17H14FNO2/c1-11-8-13(18)6-7-16(11)21-17-15-5-3-2-4-12(15)9-14(10-20)19-17/h2-9,20H,10H2,1H3. The molecular formula is C17H14FNO2. The van der Waals surface area contributed by atoms with Crippen molar-refractivity contribution in [3.63, 3.8) is 0 Å². The molecule has 3 aromatic rings. The van der Waals surface area contributed by atoms with Gasteiger partial charge in [0.2, 0.25) is 5.88 Å². The number of aliphatic hydroxyl groups excluding tert-OH is 1. The predicted molar refractivity (Wildman–Crippen MR) is 78.9 cm³/mol. The first kappa shape index (κ1) is 13.5. The maximum absolute atomic E-state index is 13.2. The van der Waals surface area contributed by atoms with Gasteiger partial charge in [0.05, 0.1) is 12.3 Å². The number of fused-ring (bicyclic) bond motifs is 1. The Morgan fingerprint density at radius 3 is 2.71 bits per heavy atom. The summed E-state index contributed by atoms with van der Waals surface area (Å²) in [4.78, 5) is 4.31. The first-order chi connectivity index (χ1) is 10.2. The van der Waals surface area contributed by atoms with Crippen molar-refractivity contribution >= 4 is 10.8 Å². The molecule has 3 nitrogen and oxygen atoms in total. The highest BCUT2D eigenvalue weighted by Gasteiger charge is 2.09. The van der Waals surface area contributed by atoms with Gasteiger partial charge in [-0.25, -0.2) is 9.37 Å². The van der Waals surface area contributed by atoms with Crippen molar-refractivity contribution in [2.45, 2.75) is 13.5 Å². The van der Waals surface area contributed by atoms with E-state index in [0.29, 0.717) is 22.9 Å². The van der Waals surface area contributed by atoms with Crippen molar-refractivity contribution < 1.29 is 14.2 Å². The Morgan fingerprint density at radius 2 is 1.95 bits per heavy atom. The smallest absolute Gasteiger partial charge is 0.227 e. The summed E-state index contributed by atoms with van der Waals surface area (Å²) in [5.41, 5.74) is 1.22. The van der Waals surface area contributed by atoms with Gasteiger partial charge < -0.3 is 9.84 Å². The second kappa shape index (κ2) is 5.50. The molecule has 0 aliphatic carbocycles. The summed E-state index contributed by atoms with van der Waals surface area (Å²) in [7, 11) is 0. The summed E-state index contributed by atoms with van der Waals surface area (Å²) in [6.07, 6.45) is 0. The third kappa shape index (κ3) is 2.71. The number of hydrogen-bond donors (Lipinski definition) is 1. The van der Waals surface area contributed by atoms with Crippen molar-refractivity contribution in [2.75, 3.05) is 0 Å². The molecule has 0 amide bonds. The fourth-order valence-corrected chi connectivity index (χ4v) is 2.21. The minimum absolute atomic E-state index is 0.163. The van der Waals surface area contributed by atoms with Crippen LogP contribution in [0, 0.1) is 12.7 Å². The number of aryl methyl sites for hydroxylation is 1. The number of rotatable bonds is 3. The molecule has 0 saturated carbocycles. The van der Waals surface area contributed by atoms with Gasteiger partial charge >= 0.3 is 0 Å². The van der Waals surface area contributed by atoms with E-state index < -0.39 is 0 Å². The number of aromatic nitrogens is 1. The van der Waals surface area contributed by atoms with Gasteiger partial charge in [0, 0.05) is 5.39 Å². The van der Waals surface area contributed by atoms with Gasteiger partial charge in [-0.05, 0) is 48.2 Å². The molecule has 21 heavy (non-hydrogen) atoms. The molecule has 0 bridgehead atoms. The summed E-state index contributed by atoms with van der Waals surface area (Å²) in [6.45, 7) is 1.61. The lowest BCUT2D eigenvalue weighted by atomic mass is 10.1. The molecule has 0 saturated heterocycles. The number of benzene rings is 2. The molecule has 106 valence electrons. The second-order valence-electron chi connectivity index (χ2n) is 4.81. The quantitative estimate of drug-likeness (QED) is 0.791. The first-order valence-electron chi connectivity index (χ1n) is 6.61. The van der Waals surface area contributed by atoms with Crippen molar-refractivity contribution in [1.82, 2.24) is 4.98 Å². The number of nitrogens with zero attached hydrogens (tertiary/aromatic N) is 1. The van der Waals surface area contributed by atoms with Crippen LogP contribution in [-0.4, -0.2) is 10.1 Å². The van der Waals surface area contributed by atoms with Crippen molar-refractivity contribution in [3.8, 4) is 11.6 Å². The number of halogens is 1. The summed E-state index contributed by atoms with van der Waals surface area (Å²) >= 11 is 0. The molecule has 0 atom stereocenters. The fourth-order valence-electron chi connectivity index (χ4n) is 2.21. The SMILES string of the molecule is Cc1cc(F)ccc1Oc1nc(CO)cc2ccccc12. The molecule has 3 rings (SSSR count). The van der Waals surface area contributed by atoms with Gasteiger partial charge in [-0.3, -0.25) is 0 Å². The Kier molecular flexibility index (Phi) is 3.54. The summed E-state index contributed by atoms with van der Waals surface area (Å²) in [6, 6.07) is 13.8. The number of pyridine rings is 1. The minimum Gasteiger partial charge on any atom is -0.438 e. The Hall–Kier alpha value is -2.46. The monoisotopic (exact) mass is 283 g/mol. The van der Waals surface area contributed by atoms with Crippen LogP contribution in [0.15, 0.2) is 48.5 Å². The highest BCUT2D eigenvalue weighted by Crippen LogP contribution is 2.30. The molecule has 0 spiro atoms. The van der Waals surface area contributed by atoms with E-state index in [1.165, 1.54) is 12.1 Å². The van der Waals surface area contributed by atoms with E-state index in [1.807, 2.05) is 30.3 Å². The maximum atomic E-state index is 13.2. The van der Waals surface area contributed by atoms with E-state index in [1.54, 1.807) is 13.0 Å². The lowest BCUT2D eigenvalue weighted by Gasteiger charge is -2.11. The molecule has 0 radical (unpaired) electrons. The molecule has 1 heterocycles. The third-order valence-electron chi connectivity index (χ3n) is 3.26. The Balaban J connectivity index is 2.10. The first-order valence-corrected chi connectivity index (χ1v) is 6.61. The molecule has 1 aromatic heterocycles. The lowest BCUT2D eigenvalue weighted by molar-refractivity contribution is 0.275. The Morgan fingerprint density at radius 1 is 1.14 bits per heavy atom. The van der Waals surface area contributed by atoms with Gasteiger partial charge in [-0.1, -0.05) is 18.2 Å². The predicted octanol–water partition coefficient (Wildman–Crippen LogP) is 3.97. The van der Waals surface area contributed by atoms with E-state index in [2.05, 4.69) is 4.98 Å². The highest BCUT2D eigenvalue weighted by atomic mass is 19.1. The van der Waals surface area contributed by atoms with Crippen molar-refractivity contribution in [3.05, 3.63) is 65.6 Å². The molecule has 0 unspecified atom stereocenters. The molecule has 0 aliphatic heterocycles. The summed E-state index contributed by atoms with van der Waals surface area (Å²) < 4.78 is 19.0. The van der Waals surface area contributed by atoms with Crippen molar-refractivity contribution in [1.29, 1.82) is 0 Å². The number of aliphatic hydroxyl groups is 1. The molecule has 4 heteroatoms. The second-order valence-corrected chi connectivity index (χ2v) is 4.81. The Bertz CT molecular complexity index is 802. The molecular weight excluding hydrogens is 269 g/mol. The van der Waals surface area contributed by atoms with Crippen LogP contribution in [0.25, 0.3) is 10.8 Å². The molecule has 1 N–H and O–H groups in total. The van der Waals surface area contributed by atoms with Gasteiger partial charge in [-0.2, -0.15) is 0 Å². The fraction of sp³-hybridized carbons (Fsp3) is 0.118. The highest BCUT2D eigenvalue weighted by molar-refractivity contribution is 5.87. The van der Waals surface area contributed by atoms with Crippen LogP contribution >= 0.6 is 0 Å². The topological polar surface area (TPSA) is 42.4 Å². The number of ether oxygens (including phenoxy) is 1. The van der Waals surface area contributed by atoms with E-state index in [0.717, 1.165) is 10.8 Å². The van der Waals surface area contributed by atoms with E-state index in [-0.39, 0.29) is 12.4 Å². The molecule has 2 aromatic carbocycles. The van der Waals surface area contributed by atoms with Gasteiger partial charge in [0.25, 0.3) is 0 Å². The molecule has 0 fully saturated rings. The third-order valence-corrected chi connectivity index (χ3v) is 3.26. The average Bonchev–Trinajstić information content (AvgIpc) is 2.49. The van der Waals surface area contributed by atoms with Crippen LogP contribution in [0.1, 0.15) is 11.3 Å². The van der Waals surface area contributed by atoms with Crippen LogP contribution in [0.3, 0.4) is 0 Å². The average molecular weight is 283 g/mol. The maximum Gasteiger partial charge on any atom is 0.227 e. The molecule has 0 aliphatic rings. The minimum atomic E-state index is -0.304. The zero-order valence-electron chi connectivity index (χ0n) is 11.5. The lowest BCUT2D eigenvalue weighted by Crippen LogP contribution is -1.96. The van der Waals surface area contributed by atoms with Crippen LogP contribution in [0.5, 0.6) is 11.6 Å². The largest absolute Gasteiger partial charge is 0.438 e. The Labute approximate surface area is 121 Å². The van der Waals surface area contributed by atoms with Gasteiger partial charge in [0.15, 0.2) is 0 Å². The van der Waals surface area contributed by atoms with Crippen LogP contribution in [0.2, 0.25) is 0 Å². The van der Waals surface area contributed by atoms with Crippen LogP contribution in [0.4, 0.5) is 4.39 Å².